The van der Waals surface area contributed by atoms with Crippen molar-refractivity contribution in [3.63, 3.8) is 0 Å². The molecule has 376 valence electrons. The summed E-state index contributed by atoms with van der Waals surface area (Å²) < 4.78 is 21.6. The highest BCUT2D eigenvalue weighted by atomic mass is 32.1. The van der Waals surface area contributed by atoms with Crippen LogP contribution in [-0.4, -0.2) is 38.0 Å². The molecular weight excluding hydrogens is 951 g/mol. The molecule has 3 aromatic carbocycles. The van der Waals surface area contributed by atoms with E-state index >= 15 is 0 Å². The largest absolute Gasteiger partial charge is 0.494 e. The van der Waals surface area contributed by atoms with E-state index in [1.54, 1.807) is 23.6 Å². The molecule has 0 saturated heterocycles. The molecule has 1 aliphatic rings. The van der Waals surface area contributed by atoms with Crippen molar-refractivity contribution in [3.8, 4) is 48.3 Å². The minimum absolute atomic E-state index is 0.130. The lowest BCUT2D eigenvalue weighted by atomic mass is 9.71. The van der Waals surface area contributed by atoms with Crippen LogP contribution in [-0.2, 0) is 10.2 Å². The summed E-state index contributed by atoms with van der Waals surface area (Å²) in [7, 11) is 0. The molecule has 0 bridgehead atoms. The van der Waals surface area contributed by atoms with Crippen LogP contribution in [0.3, 0.4) is 0 Å². The van der Waals surface area contributed by atoms with Crippen LogP contribution in [0.4, 0.5) is 17.1 Å². The number of fused-ring (bicyclic) bond motifs is 4. The van der Waals surface area contributed by atoms with E-state index in [2.05, 4.69) is 126 Å². The van der Waals surface area contributed by atoms with Gasteiger partial charge in [0.15, 0.2) is 0 Å². The summed E-state index contributed by atoms with van der Waals surface area (Å²) in [6.45, 7) is 10.5. The zero-order valence-corrected chi connectivity index (χ0v) is 45.0. The fraction of sp³-hybridized carbons (Fsp3) is 0.417. The number of carboxylic acids is 1. The Hall–Kier alpha value is -5.87. The van der Waals surface area contributed by atoms with E-state index < -0.39 is 5.97 Å². The maximum absolute atomic E-state index is 11.8. The summed E-state index contributed by atoms with van der Waals surface area (Å²) in [6, 6.07) is 32.7. The predicted octanol–water partition coefficient (Wildman–Crippen LogP) is 18.1. The molecule has 12 heteroatoms. The number of nitriles is 1. The number of nitrogens with zero attached hydrogens (tertiary/aromatic N) is 5. The van der Waals surface area contributed by atoms with Crippen LogP contribution in [0.25, 0.3) is 47.9 Å². The van der Waals surface area contributed by atoms with Gasteiger partial charge in [-0.25, -0.2) is 4.79 Å². The molecule has 4 aromatic heterocycles. The van der Waals surface area contributed by atoms with E-state index in [4.69, 9.17) is 14.5 Å². The van der Waals surface area contributed by atoms with Gasteiger partial charge in [0.2, 0.25) is 0 Å². The van der Waals surface area contributed by atoms with E-state index in [0.29, 0.717) is 16.6 Å². The summed E-state index contributed by atoms with van der Waals surface area (Å²) in [4.78, 5) is 23.9. The number of pyridine rings is 1. The van der Waals surface area contributed by atoms with Gasteiger partial charge in [0.1, 0.15) is 39.9 Å². The van der Waals surface area contributed by atoms with Gasteiger partial charge in [0.05, 0.1) is 29.8 Å². The van der Waals surface area contributed by atoms with Crippen molar-refractivity contribution in [3.05, 3.63) is 113 Å². The Balaban J connectivity index is 1.15. The van der Waals surface area contributed by atoms with Crippen molar-refractivity contribution in [2.24, 2.45) is 0 Å². The van der Waals surface area contributed by atoms with E-state index in [0.717, 1.165) is 103 Å². The van der Waals surface area contributed by atoms with Crippen LogP contribution in [0.5, 0.6) is 11.5 Å². The zero-order valence-electron chi connectivity index (χ0n) is 42.5. The minimum atomic E-state index is -1.29. The Morgan fingerprint density at radius 1 is 0.639 bits per heavy atom. The first-order valence-electron chi connectivity index (χ1n) is 26.4. The molecule has 4 heterocycles. The topological polar surface area (TPSA) is 121 Å². The van der Waals surface area contributed by atoms with Crippen molar-refractivity contribution < 1.29 is 19.4 Å². The average molecular weight is 1020 g/mol. The van der Waals surface area contributed by atoms with Gasteiger partial charge in [-0.1, -0.05) is 130 Å². The maximum atomic E-state index is 11.8. The molecule has 0 amide bonds. The normalized spacial score (nSPS) is 12.7. The third kappa shape index (κ3) is 12.1. The average Bonchev–Trinajstić information content (AvgIpc) is 4.22. The second-order valence-electron chi connectivity index (χ2n) is 19.1. The van der Waals surface area contributed by atoms with Crippen LogP contribution in [0.15, 0.2) is 96.7 Å². The molecule has 7 aromatic rings. The molecule has 0 saturated carbocycles. The van der Waals surface area contributed by atoms with Crippen LogP contribution >= 0.6 is 34.4 Å². The highest BCUT2D eigenvalue weighted by Gasteiger charge is 2.45. The number of anilines is 3. The lowest BCUT2D eigenvalue weighted by Crippen LogP contribution is -2.25. The molecule has 0 atom stereocenters. The number of ether oxygens (including phenoxy) is 2. The number of thiophene rings is 2. The molecule has 0 unspecified atom stereocenters. The maximum Gasteiger partial charge on any atom is 0.346 e. The number of unbranched alkanes of at least 4 members (excludes halogenated alkanes) is 12. The van der Waals surface area contributed by atoms with Crippen LogP contribution in [0, 0.1) is 11.3 Å². The molecule has 0 spiro atoms. The molecule has 72 heavy (non-hydrogen) atoms. The molecule has 0 radical (unpaired) electrons. The lowest BCUT2D eigenvalue weighted by Gasteiger charge is -2.31. The van der Waals surface area contributed by atoms with Crippen molar-refractivity contribution in [1.82, 2.24) is 13.7 Å². The molecule has 1 aliphatic carbocycles. The van der Waals surface area contributed by atoms with E-state index in [1.807, 2.05) is 11.3 Å². The fourth-order valence-corrected chi connectivity index (χ4v) is 13.3. The van der Waals surface area contributed by atoms with Gasteiger partial charge >= 0.3 is 5.97 Å². The summed E-state index contributed by atoms with van der Waals surface area (Å²) in [6.07, 6.45) is 24.1. The summed E-state index contributed by atoms with van der Waals surface area (Å²) in [5, 5.41) is 19.1. The number of aromatic nitrogens is 3. The van der Waals surface area contributed by atoms with E-state index in [9.17, 15) is 15.2 Å². The summed E-state index contributed by atoms with van der Waals surface area (Å²) in [5.41, 5.74) is 9.12. The minimum Gasteiger partial charge on any atom is -0.494 e. The summed E-state index contributed by atoms with van der Waals surface area (Å²) in [5.74, 6) is 0.490. The number of carboxylic acid groups (broad SMARTS) is 1. The Labute approximate surface area is 438 Å². The number of carbonyl (C=O) groups is 1. The van der Waals surface area contributed by atoms with Gasteiger partial charge < -0.3 is 19.5 Å². The number of hydrogen-bond donors (Lipinski definition) is 1. The smallest absolute Gasteiger partial charge is 0.346 e. The Morgan fingerprint density at radius 2 is 1.11 bits per heavy atom. The second kappa shape index (κ2) is 25.7. The van der Waals surface area contributed by atoms with Crippen molar-refractivity contribution in [1.29, 1.82) is 5.26 Å². The fourth-order valence-electron chi connectivity index (χ4n) is 10.0. The first-order chi connectivity index (χ1) is 35.3. The number of aliphatic carboxylic acids is 1. The number of hydrogen-bond acceptors (Lipinski definition) is 11. The molecule has 0 fully saturated rings. The van der Waals surface area contributed by atoms with Crippen molar-refractivity contribution in [2.45, 2.75) is 149 Å². The zero-order chi connectivity index (χ0) is 50.3. The third-order valence-corrected chi connectivity index (χ3v) is 17.0. The molecule has 0 aliphatic heterocycles. The molecule has 9 nitrogen and oxygen atoms in total. The standard InChI is InChI=1S/C60H69N5O4S3/c1-5-9-13-17-33-60(34-18-14-10-6-2)50-38-52(70-57(50)58-51(60)39-53(71-58)55-56-54(63-72-64-56)44(41-62-55)37-43(40-61)59(66)67)42-21-23-45(24-22-42)65(46-25-29-48(30-26-46)68-35-19-15-11-7-3)47-27-31-49(32-28-47)69-36-20-16-12-8-4/h21-32,37-39,41H,5-20,33-36H2,1-4H3,(H,66,67)/b43-37+. The number of benzene rings is 3. The van der Waals surface area contributed by atoms with Crippen LogP contribution < -0.4 is 14.4 Å². The van der Waals surface area contributed by atoms with Gasteiger partial charge in [-0.3, -0.25) is 4.98 Å². The summed E-state index contributed by atoms with van der Waals surface area (Å²) >= 11 is 4.75. The predicted molar refractivity (Wildman–Crippen MR) is 301 cm³/mol. The quantitative estimate of drug-likeness (QED) is 0.0278. The van der Waals surface area contributed by atoms with Crippen molar-refractivity contribution in [2.75, 3.05) is 18.1 Å². The highest BCUT2D eigenvalue weighted by molar-refractivity contribution is 7.25. The van der Waals surface area contributed by atoms with E-state index in [-0.39, 0.29) is 11.0 Å². The van der Waals surface area contributed by atoms with Crippen LogP contribution in [0.2, 0.25) is 0 Å². The molecular formula is C60H69N5O4S3. The highest BCUT2D eigenvalue weighted by Crippen LogP contribution is 2.62. The lowest BCUT2D eigenvalue weighted by molar-refractivity contribution is -0.132. The Morgan fingerprint density at radius 3 is 1.61 bits per heavy atom. The van der Waals surface area contributed by atoms with Crippen molar-refractivity contribution >= 4 is 74.5 Å². The Bertz CT molecular complexity index is 2860. The third-order valence-electron chi connectivity index (χ3n) is 14.0. The SMILES string of the molecule is CCCCCCOc1ccc(N(c2ccc(OCCCCCC)cc2)c2ccc(-c3cc4c(s3)-c3sc(-c5ncc(/C=C(\C#N)C(=O)O)c6nsnc56)cc3C4(CCCCCC)CCCCCC)cc2)cc1. The molecule has 1 N–H and O–H groups in total. The molecule has 8 rings (SSSR count). The Kier molecular flexibility index (Phi) is 18.7. The van der Waals surface area contributed by atoms with Gasteiger partial charge in [0.25, 0.3) is 0 Å². The van der Waals surface area contributed by atoms with Gasteiger partial charge in [-0.05, 0) is 121 Å². The monoisotopic (exact) mass is 1020 g/mol. The van der Waals surface area contributed by atoms with Gasteiger partial charge in [0, 0.05) is 48.9 Å². The van der Waals surface area contributed by atoms with Gasteiger partial charge in [-0.15, -0.1) is 22.7 Å². The first kappa shape index (κ1) is 52.5. The first-order valence-corrected chi connectivity index (χ1v) is 28.8. The number of rotatable bonds is 29. The van der Waals surface area contributed by atoms with E-state index in [1.165, 1.54) is 114 Å². The van der Waals surface area contributed by atoms with Gasteiger partial charge in [-0.2, -0.15) is 14.0 Å². The van der Waals surface area contributed by atoms with Crippen LogP contribution in [0.1, 0.15) is 160 Å². The second-order valence-corrected chi connectivity index (χ2v) is 21.7.